The smallest absolute Gasteiger partial charge is 0.384 e. The second-order valence-corrected chi connectivity index (χ2v) is 5.24. The van der Waals surface area contributed by atoms with Gasteiger partial charge in [0.25, 0.3) is 0 Å². The summed E-state index contributed by atoms with van der Waals surface area (Å²) < 4.78 is 38.4. The number of anilines is 1. The Bertz CT molecular complexity index is 511. The molecule has 1 atom stereocenters. The van der Waals surface area contributed by atoms with Crippen molar-refractivity contribution in [2.24, 2.45) is 11.7 Å². The van der Waals surface area contributed by atoms with Gasteiger partial charge in [-0.3, -0.25) is 5.41 Å². The minimum atomic E-state index is -4.13. The SMILES string of the molecule is Cc1cc(N2CCCC(C(F)(F)F)C2)ccc1C(=N)N. The first-order valence-corrected chi connectivity index (χ1v) is 6.55. The van der Waals surface area contributed by atoms with E-state index in [9.17, 15) is 13.2 Å². The number of nitrogen functional groups attached to an aromatic ring is 1. The highest BCUT2D eigenvalue weighted by molar-refractivity contribution is 5.96. The van der Waals surface area contributed by atoms with E-state index in [2.05, 4.69) is 0 Å². The summed E-state index contributed by atoms with van der Waals surface area (Å²) in [6, 6.07) is 5.24. The van der Waals surface area contributed by atoms with Gasteiger partial charge < -0.3 is 10.6 Å². The first-order valence-electron chi connectivity index (χ1n) is 6.55. The molecular weight excluding hydrogens is 267 g/mol. The number of alkyl halides is 3. The van der Waals surface area contributed by atoms with Gasteiger partial charge in [-0.15, -0.1) is 0 Å². The molecule has 3 nitrogen and oxygen atoms in total. The fourth-order valence-corrected chi connectivity index (χ4v) is 2.63. The van der Waals surface area contributed by atoms with Gasteiger partial charge in [0.1, 0.15) is 5.84 Å². The predicted molar refractivity (Wildman–Crippen MR) is 73.2 cm³/mol. The Morgan fingerprint density at radius 3 is 2.65 bits per heavy atom. The Morgan fingerprint density at radius 2 is 2.10 bits per heavy atom. The molecule has 1 aliphatic rings. The summed E-state index contributed by atoms with van der Waals surface area (Å²) in [6.07, 6.45) is -3.39. The van der Waals surface area contributed by atoms with Crippen molar-refractivity contribution in [3.05, 3.63) is 29.3 Å². The van der Waals surface area contributed by atoms with E-state index in [0.29, 0.717) is 18.5 Å². The van der Waals surface area contributed by atoms with Gasteiger partial charge in [0.05, 0.1) is 5.92 Å². The number of rotatable bonds is 2. The van der Waals surface area contributed by atoms with E-state index in [1.54, 1.807) is 23.1 Å². The van der Waals surface area contributed by atoms with Gasteiger partial charge in [0, 0.05) is 24.3 Å². The van der Waals surface area contributed by atoms with Crippen LogP contribution in [0, 0.1) is 18.3 Å². The van der Waals surface area contributed by atoms with Crippen LogP contribution in [0.1, 0.15) is 24.0 Å². The highest BCUT2D eigenvalue weighted by Crippen LogP contribution is 2.35. The normalized spacial score (nSPS) is 20.0. The Labute approximate surface area is 116 Å². The highest BCUT2D eigenvalue weighted by atomic mass is 19.4. The number of hydrogen-bond acceptors (Lipinski definition) is 2. The lowest BCUT2D eigenvalue weighted by Gasteiger charge is -2.35. The number of benzene rings is 1. The Morgan fingerprint density at radius 1 is 1.40 bits per heavy atom. The third kappa shape index (κ3) is 3.05. The fraction of sp³-hybridized carbons (Fsp3) is 0.500. The van der Waals surface area contributed by atoms with Crippen LogP contribution in [-0.2, 0) is 0 Å². The number of aryl methyl sites for hydroxylation is 1. The zero-order chi connectivity index (χ0) is 14.9. The molecule has 1 unspecified atom stereocenters. The lowest BCUT2D eigenvalue weighted by molar-refractivity contribution is -0.175. The summed E-state index contributed by atoms with van der Waals surface area (Å²) in [5.41, 5.74) is 7.64. The molecule has 0 bridgehead atoms. The Hall–Kier alpha value is -1.72. The number of piperidine rings is 1. The summed E-state index contributed by atoms with van der Waals surface area (Å²) in [6.45, 7) is 2.44. The van der Waals surface area contributed by atoms with Gasteiger partial charge in [-0.1, -0.05) is 0 Å². The van der Waals surface area contributed by atoms with E-state index >= 15 is 0 Å². The predicted octanol–water partition coefficient (Wildman–Crippen LogP) is 3.06. The minimum Gasteiger partial charge on any atom is -0.384 e. The maximum Gasteiger partial charge on any atom is 0.393 e. The summed E-state index contributed by atoms with van der Waals surface area (Å²) in [7, 11) is 0. The molecule has 1 fully saturated rings. The maximum absolute atomic E-state index is 12.8. The van der Waals surface area contributed by atoms with Crippen LogP contribution in [0.15, 0.2) is 18.2 Å². The summed E-state index contributed by atoms with van der Waals surface area (Å²) in [5, 5.41) is 7.42. The number of nitrogens with zero attached hydrogens (tertiary/aromatic N) is 1. The van der Waals surface area contributed by atoms with Gasteiger partial charge in [-0.2, -0.15) is 13.2 Å². The fourth-order valence-electron chi connectivity index (χ4n) is 2.63. The van der Waals surface area contributed by atoms with Gasteiger partial charge >= 0.3 is 6.18 Å². The number of nitrogens with two attached hydrogens (primary N) is 1. The molecule has 1 saturated heterocycles. The van der Waals surface area contributed by atoms with Gasteiger partial charge in [0.15, 0.2) is 0 Å². The third-order valence-corrected chi connectivity index (χ3v) is 3.75. The largest absolute Gasteiger partial charge is 0.393 e. The molecule has 0 radical (unpaired) electrons. The summed E-state index contributed by atoms with van der Waals surface area (Å²) >= 11 is 0. The zero-order valence-corrected chi connectivity index (χ0v) is 11.3. The maximum atomic E-state index is 12.8. The first kappa shape index (κ1) is 14.7. The molecule has 1 aromatic rings. The number of amidine groups is 1. The molecule has 3 N–H and O–H groups in total. The molecular formula is C14H18F3N3. The van der Waals surface area contributed by atoms with Crippen molar-refractivity contribution >= 4 is 11.5 Å². The first-order chi connectivity index (χ1) is 9.29. The lowest BCUT2D eigenvalue weighted by Crippen LogP contribution is -2.41. The van der Waals surface area contributed by atoms with Crippen LogP contribution < -0.4 is 10.6 Å². The van der Waals surface area contributed by atoms with Crippen LogP contribution in [-0.4, -0.2) is 25.1 Å². The molecule has 0 amide bonds. The molecule has 0 saturated carbocycles. The van der Waals surface area contributed by atoms with Crippen LogP contribution in [0.2, 0.25) is 0 Å². The number of nitrogens with one attached hydrogen (secondary N) is 1. The highest BCUT2D eigenvalue weighted by Gasteiger charge is 2.41. The summed E-state index contributed by atoms with van der Waals surface area (Å²) in [4.78, 5) is 1.76. The second-order valence-electron chi connectivity index (χ2n) is 5.24. The van der Waals surface area contributed by atoms with E-state index in [0.717, 1.165) is 11.3 Å². The Balaban J connectivity index is 2.19. The quantitative estimate of drug-likeness (QED) is 0.648. The molecule has 0 aliphatic carbocycles. The van der Waals surface area contributed by atoms with Crippen molar-refractivity contribution in [2.45, 2.75) is 25.9 Å². The van der Waals surface area contributed by atoms with E-state index < -0.39 is 12.1 Å². The lowest BCUT2D eigenvalue weighted by atomic mass is 9.96. The van der Waals surface area contributed by atoms with Gasteiger partial charge in [0.2, 0.25) is 0 Å². The van der Waals surface area contributed by atoms with E-state index in [1.165, 1.54) is 0 Å². The second kappa shape index (κ2) is 5.34. The van der Waals surface area contributed by atoms with E-state index in [1.807, 2.05) is 6.92 Å². The zero-order valence-electron chi connectivity index (χ0n) is 11.3. The van der Waals surface area contributed by atoms with Crippen LogP contribution >= 0.6 is 0 Å². The van der Waals surface area contributed by atoms with Crippen LogP contribution in [0.5, 0.6) is 0 Å². The molecule has 110 valence electrons. The monoisotopic (exact) mass is 285 g/mol. The van der Waals surface area contributed by atoms with Crippen molar-refractivity contribution in [2.75, 3.05) is 18.0 Å². The third-order valence-electron chi connectivity index (χ3n) is 3.75. The van der Waals surface area contributed by atoms with Crippen molar-refractivity contribution in [1.82, 2.24) is 0 Å². The van der Waals surface area contributed by atoms with Crippen molar-refractivity contribution in [3.8, 4) is 0 Å². The number of halogens is 3. The van der Waals surface area contributed by atoms with Gasteiger partial charge in [-0.25, -0.2) is 0 Å². The molecule has 0 spiro atoms. The van der Waals surface area contributed by atoms with Crippen molar-refractivity contribution in [1.29, 1.82) is 5.41 Å². The van der Waals surface area contributed by atoms with Gasteiger partial charge in [-0.05, 0) is 43.5 Å². The van der Waals surface area contributed by atoms with Crippen LogP contribution in [0.4, 0.5) is 18.9 Å². The van der Waals surface area contributed by atoms with E-state index in [4.69, 9.17) is 11.1 Å². The molecule has 20 heavy (non-hydrogen) atoms. The topological polar surface area (TPSA) is 53.1 Å². The summed E-state index contributed by atoms with van der Waals surface area (Å²) in [5.74, 6) is -1.29. The van der Waals surface area contributed by atoms with Crippen molar-refractivity contribution in [3.63, 3.8) is 0 Å². The van der Waals surface area contributed by atoms with E-state index in [-0.39, 0.29) is 18.8 Å². The molecule has 1 aliphatic heterocycles. The minimum absolute atomic E-state index is 0.00234. The number of hydrogen-bond donors (Lipinski definition) is 2. The Kier molecular flexibility index (Phi) is 3.92. The molecule has 2 rings (SSSR count). The molecule has 6 heteroatoms. The standard InChI is InChI=1S/C14H18F3N3/c1-9-7-11(4-5-12(9)13(18)19)20-6-2-3-10(8-20)14(15,16)17/h4-5,7,10H,2-3,6,8H2,1H3,(H3,18,19). The molecule has 1 heterocycles. The van der Waals surface area contributed by atoms with Crippen molar-refractivity contribution < 1.29 is 13.2 Å². The average Bonchev–Trinajstić information content (AvgIpc) is 2.37. The van der Waals surface area contributed by atoms with Crippen LogP contribution in [0.25, 0.3) is 0 Å². The van der Waals surface area contributed by atoms with Crippen LogP contribution in [0.3, 0.4) is 0 Å². The molecule has 1 aromatic carbocycles. The average molecular weight is 285 g/mol. The molecule has 0 aromatic heterocycles.